The van der Waals surface area contributed by atoms with E-state index in [1.165, 1.54) is 5.56 Å². The van der Waals surface area contributed by atoms with Gasteiger partial charge in [0.1, 0.15) is 0 Å². The summed E-state index contributed by atoms with van der Waals surface area (Å²) >= 11 is 0. The van der Waals surface area contributed by atoms with Crippen molar-refractivity contribution in [1.82, 2.24) is 24.8 Å². The normalized spacial score (nSPS) is 15.4. The molecular formula is C19H24N6O. The van der Waals surface area contributed by atoms with Gasteiger partial charge in [-0.25, -0.2) is 9.97 Å². The monoisotopic (exact) mass is 352 g/mol. The van der Waals surface area contributed by atoms with Gasteiger partial charge >= 0.3 is 0 Å². The predicted octanol–water partition coefficient (Wildman–Crippen LogP) is 1.30. The Kier molecular flexibility index (Phi) is 5.91. The van der Waals surface area contributed by atoms with Crippen molar-refractivity contribution in [2.24, 2.45) is 0 Å². The van der Waals surface area contributed by atoms with Crippen LogP contribution in [0.4, 0.5) is 5.95 Å². The number of pyridine rings is 1. The Labute approximate surface area is 154 Å². The van der Waals surface area contributed by atoms with E-state index in [0.717, 1.165) is 38.3 Å². The number of hydrogen-bond donors (Lipinski definition) is 0. The molecule has 26 heavy (non-hydrogen) atoms. The lowest BCUT2D eigenvalue weighted by molar-refractivity contribution is -0.127. The van der Waals surface area contributed by atoms with Gasteiger partial charge in [-0.2, -0.15) is 0 Å². The van der Waals surface area contributed by atoms with Gasteiger partial charge in [0.25, 0.3) is 0 Å². The van der Waals surface area contributed by atoms with Crippen LogP contribution in [0.5, 0.6) is 0 Å². The summed E-state index contributed by atoms with van der Waals surface area (Å²) in [5.41, 5.74) is 2.02. The van der Waals surface area contributed by atoms with Crippen molar-refractivity contribution in [2.75, 3.05) is 45.2 Å². The molecule has 1 aliphatic rings. The van der Waals surface area contributed by atoms with Crippen molar-refractivity contribution >= 4 is 17.9 Å². The molecule has 0 N–H and O–H groups in total. The number of carbonyl (C=O) groups is 1. The molecule has 0 aliphatic carbocycles. The Balaban J connectivity index is 1.48. The van der Waals surface area contributed by atoms with Gasteiger partial charge < -0.3 is 9.80 Å². The standard InChI is InChI=1S/C19H24N6O/c1-23(2)19-21-13-16(14-22-19)5-6-18(26)25-10-8-24(9-11-25)15-17-4-3-7-20-12-17/h3-7,12-14H,8-11,15H2,1-2H3. The highest BCUT2D eigenvalue weighted by molar-refractivity contribution is 5.91. The predicted molar refractivity (Wildman–Crippen MR) is 101 cm³/mol. The number of piperazine rings is 1. The van der Waals surface area contributed by atoms with E-state index in [1.807, 2.05) is 36.2 Å². The lowest BCUT2D eigenvalue weighted by atomic mass is 10.2. The second-order valence-electron chi connectivity index (χ2n) is 6.51. The zero-order valence-electron chi connectivity index (χ0n) is 15.2. The minimum Gasteiger partial charge on any atom is -0.347 e. The maximum absolute atomic E-state index is 12.4. The van der Waals surface area contributed by atoms with Crippen LogP contribution in [0.1, 0.15) is 11.1 Å². The van der Waals surface area contributed by atoms with Crippen molar-refractivity contribution in [2.45, 2.75) is 6.54 Å². The number of amides is 1. The Morgan fingerprint density at radius 1 is 1.15 bits per heavy atom. The number of rotatable bonds is 5. The van der Waals surface area contributed by atoms with Crippen molar-refractivity contribution < 1.29 is 4.79 Å². The summed E-state index contributed by atoms with van der Waals surface area (Å²) in [5, 5.41) is 0. The third kappa shape index (κ3) is 4.86. The molecule has 0 saturated carbocycles. The van der Waals surface area contributed by atoms with Gasteiger partial charge in [0.15, 0.2) is 0 Å². The number of aromatic nitrogens is 3. The Morgan fingerprint density at radius 2 is 1.88 bits per heavy atom. The van der Waals surface area contributed by atoms with Crippen LogP contribution < -0.4 is 4.90 Å². The molecule has 1 saturated heterocycles. The van der Waals surface area contributed by atoms with E-state index < -0.39 is 0 Å². The van der Waals surface area contributed by atoms with Crippen LogP contribution in [0, 0.1) is 0 Å². The first-order valence-electron chi connectivity index (χ1n) is 8.69. The van der Waals surface area contributed by atoms with Crippen LogP contribution >= 0.6 is 0 Å². The number of nitrogens with zero attached hydrogens (tertiary/aromatic N) is 6. The molecule has 1 fully saturated rings. The molecule has 0 spiro atoms. The van der Waals surface area contributed by atoms with Gasteiger partial charge in [-0.3, -0.25) is 14.7 Å². The molecule has 1 amide bonds. The SMILES string of the molecule is CN(C)c1ncc(C=CC(=O)N2CCN(Cc3cccnc3)CC2)cn1. The average molecular weight is 352 g/mol. The largest absolute Gasteiger partial charge is 0.347 e. The molecule has 1 aliphatic heterocycles. The Morgan fingerprint density at radius 3 is 2.50 bits per heavy atom. The molecule has 0 atom stereocenters. The van der Waals surface area contributed by atoms with Crippen LogP contribution in [-0.4, -0.2) is 70.9 Å². The molecular weight excluding hydrogens is 328 g/mol. The third-order valence-corrected chi connectivity index (χ3v) is 4.29. The summed E-state index contributed by atoms with van der Waals surface area (Å²) in [4.78, 5) is 31.1. The Bertz CT molecular complexity index is 736. The summed E-state index contributed by atoms with van der Waals surface area (Å²) in [6.45, 7) is 4.09. The van der Waals surface area contributed by atoms with E-state index >= 15 is 0 Å². The highest BCUT2D eigenvalue weighted by Gasteiger charge is 2.19. The van der Waals surface area contributed by atoms with Gasteiger partial charge in [-0.1, -0.05) is 6.07 Å². The first kappa shape index (κ1) is 18.0. The zero-order chi connectivity index (χ0) is 18.4. The number of hydrogen-bond acceptors (Lipinski definition) is 6. The van der Waals surface area contributed by atoms with Crippen LogP contribution in [0.3, 0.4) is 0 Å². The van der Waals surface area contributed by atoms with Crippen molar-refractivity contribution in [3.8, 4) is 0 Å². The van der Waals surface area contributed by atoms with E-state index in [-0.39, 0.29) is 5.91 Å². The van der Waals surface area contributed by atoms with Gasteiger partial charge in [-0.05, 0) is 17.7 Å². The lowest BCUT2D eigenvalue weighted by Crippen LogP contribution is -2.47. The fourth-order valence-electron chi connectivity index (χ4n) is 2.80. The molecule has 0 aromatic carbocycles. The summed E-state index contributed by atoms with van der Waals surface area (Å²) in [6, 6.07) is 4.03. The van der Waals surface area contributed by atoms with Gasteiger partial charge in [0.2, 0.25) is 11.9 Å². The fraction of sp³-hybridized carbons (Fsp3) is 0.368. The van der Waals surface area contributed by atoms with Crippen molar-refractivity contribution in [3.63, 3.8) is 0 Å². The van der Waals surface area contributed by atoms with Crippen LogP contribution in [0.2, 0.25) is 0 Å². The van der Waals surface area contributed by atoms with E-state index in [4.69, 9.17) is 0 Å². The first-order valence-corrected chi connectivity index (χ1v) is 8.69. The second-order valence-corrected chi connectivity index (χ2v) is 6.51. The summed E-state index contributed by atoms with van der Waals surface area (Å²) < 4.78 is 0. The molecule has 0 radical (unpaired) electrons. The summed E-state index contributed by atoms with van der Waals surface area (Å²) in [6.07, 6.45) is 10.5. The first-order chi connectivity index (χ1) is 12.6. The molecule has 2 aromatic heterocycles. The van der Waals surface area contributed by atoms with E-state index in [2.05, 4.69) is 25.9 Å². The molecule has 0 bridgehead atoms. The van der Waals surface area contributed by atoms with Crippen LogP contribution in [0.25, 0.3) is 6.08 Å². The quantitative estimate of drug-likeness (QED) is 0.756. The van der Waals surface area contributed by atoms with E-state index in [9.17, 15) is 4.79 Å². The second kappa shape index (κ2) is 8.53. The molecule has 7 heteroatoms. The Hall–Kier alpha value is -2.80. The summed E-state index contributed by atoms with van der Waals surface area (Å²) in [7, 11) is 3.78. The van der Waals surface area contributed by atoms with Crippen LogP contribution in [-0.2, 0) is 11.3 Å². The molecule has 3 heterocycles. The maximum atomic E-state index is 12.4. The maximum Gasteiger partial charge on any atom is 0.246 e. The van der Waals surface area contributed by atoms with E-state index in [1.54, 1.807) is 30.7 Å². The minimum atomic E-state index is 0.0303. The van der Waals surface area contributed by atoms with Gasteiger partial charge in [0.05, 0.1) is 0 Å². The smallest absolute Gasteiger partial charge is 0.246 e. The van der Waals surface area contributed by atoms with Crippen LogP contribution in [0.15, 0.2) is 43.0 Å². The molecule has 7 nitrogen and oxygen atoms in total. The fourth-order valence-corrected chi connectivity index (χ4v) is 2.80. The molecule has 0 unspecified atom stereocenters. The van der Waals surface area contributed by atoms with E-state index in [0.29, 0.717) is 5.95 Å². The topological polar surface area (TPSA) is 65.5 Å². The number of anilines is 1. The lowest BCUT2D eigenvalue weighted by Gasteiger charge is -2.34. The molecule has 3 rings (SSSR count). The highest BCUT2D eigenvalue weighted by atomic mass is 16.2. The summed E-state index contributed by atoms with van der Waals surface area (Å²) in [5.74, 6) is 0.681. The molecule has 2 aromatic rings. The minimum absolute atomic E-state index is 0.0303. The highest BCUT2D eigenvalue weighted by Crippen LogP contribution is 2.09. The van der Waals surface area contributed by atoms with Crippen molar-refractivity contribution in [1.29, 1.82) is 0 Å². The third-order valence-electron chi connectivity index (χ3n) is 4.29. The number of carbonyl (C=O) groups excluding carboxylic acids is 1. The van der Waals surface area contributed by atoms with Gasteiger partial charge in [0, 0.05) is 83.2 Å². The van der Waals surface area contributed by atoms with Gasteiger partial charge in [-0.15, -0.1) is 0 Å². The zero-order valence-corrected chi connectivity index (χ0v) is 15.2. The average Bonchev–Trinajstić information content (AvgIpc) is 2.68. The molecule has 136 valence electrons. The van der Waals surface area contributed by atoms with Crippen molar-refractivity contribution in [3.05, 3.63) is 54.1 Å².